The van der Waals surface area contributed by atoms with E-state index in [1.54, 1.807) is 6.20 Å². The predicted octanol–water partition coefficient (Wildman–Crippen LogP) is 1.46. The van der Waals surface area contributed by atoms with E-state index in [9.17, 15) is 5.11 Å². The Kier molecular flexibility index (Phi) is 3.30. The van der Waals surface area contributed by atoms with Gasteiger partial charge in [0.1, 0.15) is 0 Å². The number of nitrogens with two attached hydrogens (primary N) is 1. The van der Waals surface area contributed by atoms with E-state index in [0.29, 0.717) is 6.54 Å². The molecular formula is C12H21N3O. The van der Waals surface area contributed by atoms with E-state index in [1.807, 2.05) is 10.9 Å². The largest absolute Gasteiger partial charge is 0.388 e. The molecule has 1 aliphatic carbocycles. The second-order valence-electron chi connectivity index (χ2n) is 4.86. The van der Waals surface area contributed by atoms with Crippen LogP contribution >= 0.6 is 0 Å². The van der Waals surface area contributed by atoms with Crippen LogP contribution in [0.1, 0.15) is 44.3 Å². The molecular weight excluding hydrogens is 202 g/mol. The maximum Gasteiger partial charge on any atom is 0.0888 e. The molecule has 0 aliphatic heterocycles. The lowest BCUT2D eigenvalue weighted by molar-refractivity contribution is -0.0297. The van der Waals surface area contributed by atoms with Crippen LogP contribution in [0.2, 0.25) is 0 Å². The maximum absolute atomic E-state index is 10.3. The molecule has 0 bridgehead atoms. The molecule has 1 fully saturated rings. The Balaban J connectivity index is 2.10. The van der Waals surface area contributed by atoms with Crippen LogP contribution in [0, 0.1) is 5.41 Å². The second-order valence-corrected chi connectivity index (χ2v) is 4.86. The second kappa shape index (κ2) is 4.55. The van der Waals surface area contributed by atoms with Gasteiger partial charge in [-0.3, -0.25) is 4.68 Å². The summed E-state index contributed by atoms with van der Waals surface area (Å²) in [5.41, 5.74) is 6.62. The van der Waals surface area contributed by atoms with Crippen LogP contribution in [0.25, 0.3) is 0 Å². The Bertz CT molecular complexity index is 338. The monoisotopic (exact) mass is 223 g/mol. The van der Waals surface area contributed by atoms with Crippen LogP contribution in [0.5, 0.6) is 0 Å². The van der Waals surface area contributed by atoms with Gasteiger partial charge in [0.15, 0.2) is 0 Å². The lowest BCUT2D eigenvalue weighted by Gasteiger charge is -2.44. The first-order chi connectivity index (χ1) is 7.72. The molecule has 0 unspecified atom stereocenters. The van der Waals surface area contributed by atoms with E-state index in [1.165, 1.54) is 6.42 Å². The minimum atomic E-state index is -0.447. The Morgan fingerprint density at radius 3 is 2.88 bits per heavy atom. The Hall–Kier alpha value is -0.870. The number of aliphatic hydroxyl groups excluding tert-OH is 1. The standard InChI is InChI=1S/C12H21N3O/c1-2-6-15-8-10(7-14-15)11(16)12(9-13)4-3-5-12/h7-8,11,16H,2-6,9,13H2,1H3/t11-/m0/s1. The number of nitrogens with zero attached hydrogens (tertiary/aromatic N) is 2. The van der Waals surface area contributed by atoms with Crippen LogP contribution in [-0.2, 0) is 6.54 Å². The van der Waals surface area contributed by atoms with Crippen molar-refractivity contribution in [2.24, 2.45) is 11.1 Å². The molecule has 2 rings (SSSR count). The lowest BCUT2D eigenvalue weighted by atomic mass is 9.64. The molecule has 1 aromatic rings. The minimum absolute atomic E-state index is 0.0833. The van der Waals surface area contributed by atoms with Crippen molar-refractivity contribution in [2.75, 3.05) is 6.54 Å². The third-order valence-corrected chi connectivity index (χ3v) is 3.76. The average Bonchev–Trinajstić information content (AvgIpc) is 2.66. The summed E-state index contributed by atoms with van der Waals surface area (Å²) < 4.78 is 1.89. The van der Waals surface area contributed by atoms with E-state index in [2.05, 4.69) is 12.0 Å². The van der Waals surface area contributed by atoms with Crippen molar-refractivity contribution in [1.29, 1.82) is 0 Å². The van der Waals surface area contributed by atoms with Crippen LogP contribution in [0.4, 0.5) is 0 Å². The van der Waals surface area contributed by atoms with Gasteiger partial charge < -0.3 is 10.8 Å². The van der Waals surface area contributed by atoms with Crippen molar-refractivity contribution in [1.82, 2.24) is 9.78 Å². The highest BCUT2D eigenvalue weighted by Crippen LogP contribution is 2.49. The number of aromatic nitrogens is 2. The van der Waals surface area contributed by atoms with Crippen LogP contribution in [0.15, 0.2) is 12.4 Å². The molecule has 0 radical (unpaired) electrons. The highest BCUT2D eigenvalue weighted by atomic mass is 16.3. The van der Waals surface area contributed by atoms with Gasteiger partial charge in [-0.05, 0) is 19.3 Å². The zero-order valence-corrected chi connectivity index (χ0v) is 9.89. The van der Waals surface area contributed by atoms with Crippen molar-refractivity contribution >= 4 is 0 Å². The minimum Gasteiger partial charge on any atom is -0.388 e. The fourth-order valence-electron chi connectivity index (χ4n) is 2.45. The van der Waals surface area contributed by atoms with Gasteiger partial charge in [0.25, 0.3) is 0 Å². The van der Waals surface area contributed by atoms with E-state index in [4.69, 9.17) is 5.73 Å². The third kappa shape index (κ3) is 1.87. The van der Waals surface area contributed by atoms with Crippen LogP contribution in [-0.4, -0.2) is 21.4 Å². The summed E-state index contributed by atoms with van der Waals surface area (Å²) in [5.74, 6) is 0. The summed E-state index contributed by atoms with van der Waals surface area (Å²) in [6.45, 7) is 3.58. The first-order valence-electron chi connectivity index (χ1n) is 6.12. The summed E-state index contributed by atoms with van der Waals surface area (Å²) in [5, 5.41) is 14.6. The fraction of sp³-hybridized carbons (Fsp3) is 0.750. The van der Waals surface area contributed by atoms with E-state index in [0.717, 1.165) is 31.4 Å². The fourth-order valence-corrected chi connectivity index (χ4v) is 2.45. The van der Waals surface area contributed by atoms with Gasteiger partial charge >= 0.3 is 0 Å². The van der Waals surface area contributed by atoms with Gasteiger partial charge in [0, 0.05) is 30.3 Å². The Morgan fingerprint density at radius 2 is 2.38 bits per heavy atom. The van der Waals surface area contributed by atoms with Gasteiger partial charge in [-0.15, -0.1) is 0 Å². The zero-order chi connectivity index (χ0) is 11.6. The Labute approximate surface area is 96.5 Å². The summed E-state index contributed by atoms with van der Waals surface area (Å²) >= 11 is 0. The molecule has 4 nitrogen and oxygen atoms in total. The van der Waals surface area contributed by atoms with Crippen molar-refractivity contribution in [2.45, 2.75) is 45.3 Å². The summed E-state index contributed by atoms with van der Waals surface area (Å²) in [7, 11) is 0. The molecule has 0 aromatic carbocycles. The first-order valence-corrected chi connectivity index (χ1v) is 6.12. The van der Waals surface area contributed by atoms with Gasteiger partial charge in [-0.25, -0.2) is 0 Å². The van der Waals surface area contributed by atoms with E-state index >= 15 is 0 Å². The number of hydrogen-bond donors (Lipinski definition) is 2. The first kappa shape index (κ1) is 11.6. The van der Waals surface area contributed by atoms with Crippen molar-refractivity contribution in [3.05, 3.63) is 18.0 Å². The predicted molar refractivity (Wildman–Crippen MR) is 62.8 cm³/mol. The van der Waals surface area contributed by atoms with Gasteiger partial charge in [-0.2, -0.15) is 5.10 Å². The van der Waals surface area contributed by atoms with Crippen molar-refractivity contribution in [3.63, 3.8) is 0 Å². The van der Waals surface area contributed by atoms with Gasteiger partial charge in [-0.1, -0.05) is 13.3 Å². The van der Waals surface area contributed by atoms with Gasteiger partial charge in [0.2, 0.25) is 0 Å². The molecule has 0 saturated heterocycles. The molecule has 4 heteroatoms. The van der Waals surface area contributed by atoms with E-state index < -0.39 is 6.10 Å². The topological polar surface area (TPSA) is 64.1 Å². The SMILES string of the molecule is CCCn1cc([C@H](O)C2(CN)CCC2)cn1. The quantitative estimate of drug-likeness (QED) is 0.794. The highest BCUT2D eigenvalue weighted by molar-refractivity contribution is 5.14. The Morgan fingerprint density at radius 1 is 1.62 bits per heavy atom. The summed E-state index contributed by atoms with van der Waals surface area (Å²) in [6, 6.07) is 0. The molecule has 1 atom stereocenters. The molecule has 1 saturated carbocycles. The number of aliphatic hydroxyl groups is 1. The van der Waals surface area contributed by atoms with Crippen molar-refractivity contribution in [3.8, 4) is 0 Å². The van der Waals surface area contributed by atoms with Crippen LogP contribution in [0.3, 0.4) is 0 Å². The molecule has 0 amide bonds. The number of aryl methyl sites for hydroxylation is 1. The molecule has 16 heavy (non-hydrogen) atoms. The highest BCUT2D eigenvalue weighted by Gasteiger charge is 2.43. The molecule has 3 N–H and O–H groups in total. The molecule has 90 valence electrons. The maximum atomic E-state index is 10.3. The summed E-state index contributed by atoms with van der Waals surface area (Å²) in [6.07, 6.45) is 7.57. The van der Waals surface area contributed by atoms with Crippen LogP contribution < -0.4 is 5.73 Å². The van der Waals surface area contributed by atoms with Gasteiger partial charge in [0.05, 0.1) is 12.3 Å². The lowest BCUT2D eigenvalue weighted by Crippen LogP contribution is -2.42. The summed E-state index contributed by atoms with van der Waals surface area (Å²) in [4.78, 5) is 0. The molecule has 1 heterocycles. The number of hydrogen-bond acceptors (Lipinski definition) is 3. The smallest absolute Gasteiger partial charge is 0.0888 e. The average molecular weight is 223 g/mol. The third-order valence-electron chi connectivity index (χ3n) is 3.76. The van der Waals surface area contributed by atoms with Crippen molar-refractivity contribution < 1.29 is 5.11 Å². The molecule has 1 aromatic heterocycles. The normalized spacial score (nSPS) is 20.4. The number of rotatable bonds is 5. The molecule has 0 spiro atoms. The molecule has 1 aliphatic rings. The van der Waals surface area contributed by atoms with E-state index in [-0.39, 0.29) is 5.41 Å². The zero-order valence-electron chi connectivity index (χ0n) is 9.89.